The van der Waals surface area contributed by atoms with Gasteiger partial charge in [0, 0.05) is 10.0 Å². The van der Waals surface area contributed by atoms with Gasteiger partial charge in [-0.2, -0.15) is 5.26 Å². The van der Waals surface area contributed by atoms with Gasteiger partial charge in [-0.3, -0.25) is 4.79 Å². The van der Waals surface area contributed by atoms with Gasteiger partial charge >= 0.3 is 0 Å². The maximum absolute atomic E-state index is 11.9. The van der Waals surface area contributed by atoms with Crippen LogP contribution in [0.3, 0.4) is 0 Å². The van der Waals surface area contributed by atoms with Crippen LogP contribution in [0.25, 0.3) is 11.3 Å². The highest BCUT2D eigenvalue weighted by atomic mass is 79.9. The lowest BCUT2D eigenvalue weighted by Gasteiger charge is -2.09. The quantitative estimate of drug-likeness (QED) is 0.679. The van der Waals surface area contributed by atoms with E-state index in [0.29, 0.717) is 22.2 Å². The minimum absolute atomic E-state index is 0.0169. The predicted octanol–water partition coefficient (Wildman–Crippen LogP) is 2.80. The van der Waals surface area contributed by atoms with Gasteiger partial charge in [0.1, 0.15) is 17.4 Å². The summed E-state index contributed by atoms with van der Waals surface area (Å²) in [5.41, 5.74) is 0.516. The second-order valence-electron chi connectivity index (χ2n) is 3.76. The zero-order valence-electron chi connectivity index (χ0n) is 10.7. The van der Waals surface area contributed by atoms with Crippen LogP contribution in [0.15, 0.2) is 32.6 Å². The Balaban J connectivity index is 2.78. The van der Waals surface area contributed by atoms with Gasteiger partial charge in [-0.05, 0) is 24.5 Å². The van der Waals surface area contributed by atoms with E-state index >= 15 is 0 Å². The van der Waals surface area contributed by atoms with Crippen molar-refractivity contribution in [3.63, 3.8) is 0 Å². The number of aromatic amines is 1. The van der Waals surface area contributed by atoms with Crippen LogP contribution in [0, 0.1) is 11.3 Å². The standard InChI is InChI=1S/C13H10BrN3O2S/c1-19-7-3-4-10(14)8(5-7)11-9(6-15)12(18)17-13(16-11)20-2/h3-5H,1-2H3,(H,16,17,18). The second kappa shape index (κ2) is 6.11. The number of halogens is 1. The van der Waals surface area contributed by atoms with Crippen molar-refractivity contribution in [3.05, 3.63) is 38.6 Å². The summed E-state index contributed by atoms with van der Waals surface area (Å²) in [7, 11) is 1.55. The third kappa shape index (κ3) is 2.71. The Morgan fingerprint density at radius 2 is 2.25 bits per heavy atom. The number of rotatable bonds is 3. The third-order valence-corrected chi connectivity index (χ3v) is 3.90. The number of nitrogens with zero attached hydrogens (tertiary/aromatic N) is 2. The first-order valence-corrected chi connectivity index (χ1v) is 7.54. The normalized spacial score (nSPS) is 10.1. The average Bonchev–Trinajstić information content (AvgIpc) is 2.47. The van der Waals surface area contributed by atoms with Gasteiger partial charge in [0.25, 0.3) is 5.56 Å². The van der Waals surface area contributed by atoms with E-state index in [1.807, 2.05) is 6.07 Å². The van der Waals surface area contributed by atoms with Crippen molar-refractivity contribution in [3.8, 4) is 23.1 Å². The average molecular weight is 352 g/mol. The molecule has 0 radical (unpaired) electrons. The van der Waals surface area contributed by atoms with Crippen LogP contribution in [0.5, 0.6) is 5.75 Å². The minimum Gasteiger partial charge on any atom is -0.497 e. The van der Waals surface area contributed by atoms with Crippen LogP contribution in [-0.4, -0.2) is 23.3 Å². The molecule has 0 spiro atoms. The first-order valence-electron chi connectivity index (χ1n) is 5.53. The summed E-state index contributed by atoms with van der Waals surface area (Å²) in [5.74, 6) is 0.625. The first-order chi connectivity index (χ1) is 9.60. The molecule has 7 heteroatoms. The summed E-state index contributed by atoms with van der Waals surface area (Å²) >= 11 is 4.71. The predicted molar refractivity (Wildman–Crippen MR) is 81.0 cm³/mol. The lowest BCUT2D eigenvalue weighted by atomic mass is 10.1. The van der Waals surface area contributed by atoms with Gasteiger partial charge < -0.3 is 9.72 Å². The highest BCUT2D eigenvalue weighted by Gasteiger charge is 2.16. The molecule has 1 aromatic heterocycles. The van der Waals surface area contributed by atoms with E-state index in [-0.39, 0.29) is 5.56 Å². The topological polar surface area (TPSA) is 78.8 Å². The van der Waals surface area contributed by atoms with Crippen molar-refractivity contribution in [2.45, 2.75) is 5.16 Å². The molecule has 1 N–H and O–H groups in total. The molecule has 0 amide bonds. The molecule has 1 heterocycles. The maximum atomic E-state index is 11.9. The maximum Gasteiger partial charge on any atom is 0.270 e. The lowest BCUT2D eigenvalue weighted by Crippen LogP contribution is -2.14. The van der Waals surface area contributed by atoms with Crippen LogP contribution in [0.4, 0.5) is 0 Å². The molecule has 0 atom stereocenters. The monoisotopic (exact) mass is 351 g/mol. The Kier molecular flexibility index (Phi) is 4.47. The molecular formula is C13H10BrN3O2S. The van der Waals surface area contributed by atoms with Crippen molar-refractivity contribution in [1.29, 1.82) is 5.26 Å². The van der Waals surface area contributed by atoms with Gasteiger partial charge in [0.2, 0.25) is 0 Å². The summed E-state index contributed by atoms with van der Waals surface area (Å²) in [6.45, 7) is 0. The van der Waals surface area contributed by atoms with Gasteiger partial charge in [0.05, 0.1) is 12.8 Å². The largest absolute Gasteiger partial charge is 0.497 e. The molecular weight excluding hydrogens is 342 g/mol. The molecule has 20 heavy (non-hydrogen) atoms. The fraction of sp³-hybridized carbons (Fsp3) is 0.154. The molecule has 5 nitrogen and oxygen atoms in total. The molecule has 0 aliphatic carbocycles. The Hall–Kier alpha value is -1.78. The Morgan fingerprint density at radius 3 is 2.85 bits per heavy atom. The van der Waals surface area contributed by atoms with E-state index < -0.39 is 5.56 Å². The number of hydrogen-bond acceptors (Lipinski definition) is 5. The number of methoxy groups -OCH3 is 1. The number of hydrogen-bond donors (Lipinski definition) is 1. The second-order valence-corrected chi connectivity index (χ2v) is 5.41. The molecule has 0 aliphatic heterocycles. The van der Waals surface area contributed by atoms with Crippen LogP contribution >= 0.6 is 27.7 Å². The van der Waals surface area contributed by atoms with Gasteiger partial charge in [-0.1, -0.05) is 27.7 Å². The summed E-state index contributed by atoms with van der Waals surface area (Å²) in [6.07, 6.45) is 1.80. The van der Waals surface area contributed by atoms with Crippen molar-refractivity contribution in [1.82, 2.24) is 9.97 Å². The molecule has 0 saturated carbocycles. The summed E-state index contributed by atoms with van der Waals surface area (Å²) < 4.78 is 5.91. The van der Waals surface area contributed by atoms with E-state index in [0.717, 1.165) is 4.47 Å². The molecule has 102 valence electrons. The number of aromatic nitrogens is 2. The van der Waals surface area contributed by atoms with Crippen LogP contribution in [0.2, 0.25) is 0 Å². The lowest BCUT2D eigenvalue weighted by molar-refractivity contribution is 0.415. The Labute approximate surface area is 128 Å². The number of H-pyrrole nitrogens is 1. The van der Waals surface area contributed by atoms with E-state index in [2.05, 4.69) is 25.9 Å². The van der Waals surface area contributed by atoms with Crippen LogP contribution in [-0.2, 0) is 0 Å². The number of nitriles is 1. The molecule has 0 bridgehead atoms. The summed E-state index contributed by atoms with van der Waals surface area (Å²) in [6, 6.07) is 7.20. The van der Waals surface area contributed by atoms with Crippen molar-refractivity contribution >= 4 is 27.7 Å². The highest BCUT2D eigenvalue weighted by Crippen LogP contribution is 2.32. The summed E-state index contributed by atoms with van der Waals surface area (Å²) in [5, 5.41) is 9.64. The zero-order valence-corrected chi connectivity index (χ0v) is 13.1. The fourth-order valence-electron chi connectivity index (χ4n) is 1.66. The number of nitrogens with one attached hydrogen (secondary N) is 1. The Bertz CT molecular complexity index is 752. The van der Waals surface area contributed by atoms with Gasteiger partial charge in [0.15, 0.2) is 5.16 Å². The molecule has 1 aromatic carbocycles. The molecule has 0 saturated heterocycles. The number of benzene rings is 1. The molecule has 0 unspecified atom stereocenters. The molecule has 0 fully saturated rings. The van der Waals surface area contributed by atoms with Crippen LogP contribution in [0.1, 0.15) is 5.56 Å². The van der Waals surface area contributed by atoms with E-state index in [1.165, 1.54) is 11.8 Å². The van der Waals surface area contributed by atoms with Crippen molar-refractivity contribution < 1.29 is 4.74 Å². The molecule has 0 aliphatic rings. The zero-order chi connectivity index (χ0) is 14.7. The third-order valence-electron chi connectivity index (χ3n) is 2.63. The SMILES string of the molecule is COc1ccc(Br)c(-c2nc(SC)[nH]c(=O)c2C#N)c1. The van der Waals surface area contributed by atoms with Crippen molar-refractivity contribution in [2.24, 2.45) is 0 Å². The fourth-order valence-corrected chi connectivity index (χ4v) is 2.47. The number of ether oxygens (including phenoxy) is 1. The van der Waals surface area contributed by atoms with E-state index in [9.17, 15) is 10.1 Å². The van der Waals surface area contributed by atoms with E-state index in [1.54, 1.807) is 31.6 Å². The molecule has 2 aromatic rings. The van der Waals surface area contributed by atoms with Crippen molar-refractivity contribution in [2.75, 3.05) is 13.4 Å². The first kappa shape index (κ1) is 14.6. The van der Waals surface area contributed by atoms with E-state index in [4.69, 9.17) is 4.74 Å². The summed E-state index contributed by atoms with van der Waals surface area (Å²) in [4.78, 5) is 18.8. The molecule has 2 rings (SSSR count). The smallest absolute Gasteiger partial charge is 0.270 e. The minimum atomic E-state index is -0.448. The Morgan fingerprint density at radius 1 is 1.50 bits per heavy atom. The van der Waals surface area contributed by atoms with Gasteiger partial charge in [-0.25, -0.2) is 4.98 Å². The van der Waals surface area contributed by atoms with Crippen LogP contribution < -0.4 is 10.3 Å². The van der Waals surface area contributed by atoms with Gasteiger partial charge in [-0.15, -0.1) is 0 Å². The highest BCUT2D eigenvalue weighted by molar-refractivity contribution is 9.10. The number of thioether (sulfide) groups is 1.